The van der Waals surface area contributed by atoms with E-state index in [1.165, 1.54) is 31.6 Å². The number of thiophene rings is 1. The van der Waals surface area contributed by atoms with Gasteiger partial charge in [-0.3, -0.25) is 9.59 Å². The number of amides is 1. The summed E-state index contributed by atoms with van der Waals surface area (Å²) in [4.78, 5) is 26.3. The number of rotatable bonds is 9. The van der Waals surface area contributed by atoms with E-state index in [2.05, 4.69) is 5.32 Å². The Morgan fingerprint density at radius 1 is 0.968 bits per heavy atom. The van der Waals surface area contributed by atoms with Crippen molar-refractivity contribution in [2.75, 3.05) is 26.1 Å². The molecule has 160 valence electrons. The van der Waals surface area contributed by atoms with Gasteiger partial charge < -0.3 is 19.5 Å². The monoisotopic (exact) mass is 437 g/mol. The van der Waals surface area contributed by atoms with Crippen LogP contribution < -0.4 is 19.5 Å². The summed E-state index contributed by atoms with van der Waals surface area (Å²) in [6.07, 6.45) is 3.25. The number of hydrogen-bond donors (Lipinski definition) is 1. The van der Waals surface area contributed by atoms with Crippen LogP contribution in [0, 0.1) is 6.92 Å². The Balaban J connectivity index is 1.62. The van der Waals surface area contributed by atoms with Gasteiger partial charge in [0.05, 0.1) is 24.8 Å². The van der Waals surface area contributed by atoms with E-state index in [0.29, 0.717) is 27.8 Å². The van der Waals surface area contributed by atoms with Gasteiger partial charge >= 0.3 is 0 Å². The molecule has 0 aliphatic rings. The Kier molecular flexibility index (Phi) is 7.45. The van der Waals surface area contributed by atoms with Crippen LogP contribution in [0.2, 0.25) is 0 Å². The quantitative estimate of drug-likeness (QED) is 0.377. The predicted octanol–water partition coefficient (Wildman–Crippen LogP) is 4.99. The van der Waals surface area contributed by atoms with Crippen molar-refractivity contribution in [1.82, 2.24) is 0 Å². The lowest BCUT2D eigenvalue weighted by Gasteiger charge is -2.12. The molecule has 2 aromatic carbocycles. The summed E-state index contributed by atoms with van der Waals surface area (Å²) in [5.74, 6) is 1.08. The molecule has 6 nitrogen and oxygen atoms in total. The maximum Gasteiger partial charge on any atom is 0.262 e. The second-order valence-electron chi connectivity index (χ2n) is 6.56. The molecule has 31 heavy (non-hydrogen) atoms. The highest BCUT2D eigenvalue weighted by Gasteiger charge is 2.11. The van der Waals surface area contributed by atoms with Gasteiger partial charge in [-0.1, -0.05) is 24.3 Å². The number of aryl methyl sites for hydroxylation is 1. The third-order valence-electron chi connectivity index (χ3n) is 4.34. The topological polar surface area (TPSA) is 73.9 Å². The van der Waals surface area contributed by atoms with Crippen LogP contribution in [0.15, 0.2) is 60.7 Å². The number of anilines is 1. The van der Waals surface area contributed by atoms with Gasteiger partial charge in [-0.15, -0.1) is 11.3 Å². The molecular weight excluding hydrogens is 414 g/mol. The van der Waals surface area contributed by atoms with Crippen molar-refractivity contribution in [2.24, 2.45) is 0 Å². The van der Waals surface area contributed by atoms with Gasteiger partial charge in [-0.05, 0) is 55.0 Å². The van der Waals surface area contributed by atoms with Crippen LogP contribution in [0.3, 0.4) is 0 Å². The molecule has 0 bridgehead atoms. The zero-order valence-corrected chi connectivity index (χ0v) is 18.3. The minimum absolute atomic E-state index is 0.0506. The van der Waals surface area contributed by atoms with Crippen molar-refractivity contribution in [3.8, 4) is 17.2 Å². The molecule has 0 radical (unpaired) electrons. The van der Waals surface area contributed by atoms with E-state index >= 15 is 0 Å². The van der Waals surface area contributed by atoms with Gasteiger partial charge in [0.25, 0.3) is 5.91 Å². The zero-order chi connectivity index (χ0) is 22.2. The van der Waals surface area contributed by atoms with E-state index in [4.69, 9.17) is 14.2 Å². The van der Waals surface area contributed by atoms with Gasteiger partial charge in [0.1, 0.15) is 5.75 Å². The second-order valence-corrected chi connectivity index (χ2v) is 7.84. The van der Waals surface area contributed by atoms with Crippen LogP contribution in [-0.4, -0.2) is 32.5 Å². The number of nitrogens with one attached hydrogen (secondary N) is 1. The average molecular weight is 438 g/mol. The normalized spacial score (nSPS) is 10.7. The van der Waals surface area contributed by atoms with Crippen LogP contribution in [0.25, 0.3) is 6.08 Å². The number of hydrogen-bond acceptors (Lipinski definition) is 6. The summed E-state index contributed by atoms with van der Waals surface area (Å²) >= 11 is 1.46. The molecule has 0 fully saturated rings. The fourth-order valence-corrected chi connectivity index (χ4v) is 3.59. The number of benzene rings is 2. The van der Waals surface area contributed by atoms with E-state index in [9.17, 15) is 9.59 Å². The molecular formula is C24H23NO5S. The highest BCUT2D eigenvalue weighted by Crippen LogP contribution is 2.29. The maximum absolute atomic E-state index is 12.3. The molecule has 3 aromatic rings. The Labute approximate surface area is 185 Å². The third kappa shape index (κ3) is 5.96. The van der Waals surface area contributed by atoms with Crippen molar-refractivity contribution in [1.29, 1.82) is 0 Å². The Morgan fingerprint density at radius 3 is 2.45 bits per heavy atom. The SMILES string of the molecule is COc1ccccc1NC(=O)COc1ccc(/C=C/C(=O)c2ccc(C)s2)cc1OC. The second kappa shape index (κ2) is 10.4. The molecule has 1 heterocycles. The summed E-state index contributed by atoms with van der Waals surface area (Å²) in [6.45, 7) is 1.77. The molecule has 7 heteroatoms. The van der Waals surface area contributed by atoms with E-state index < -0.39 is 0 Å². The third-order valence-corrected chi connectivity index (χ3v) is 5.35. The van der Waals surface area contributed by atoms with E-state index in [0.717, 1.165) is 10.4 Å². The minimum Gasteiger partial charge on any atom is -0.495 e. The van der Waals surface area contributed by atoms with Crippen LogP contribution in [0.4, 0.5) is 5.69 Å². The molecule has 0 aliphatic carbocycles. The first-order valence-electron chi connectivity index (χ1n) is 9.52. The molecule has 1 aromatic heterocycles. The van der Waals surface area contributed by atoms with E-state index in [1.807, 2.05) is 25.1 Å². The van der Waals surface area contributed by atoms with Crippen molar-refractivity contribution in [3.05, 3.63) is 76.0 Å². The summed E-state index contributed by atoms with van der Waals surface area (Å²) in [5, 5.41) is 2.75. The maximum atomic E-state index is 12.3. The summed E-state index contributed by atoms with van der Waals surface area (Å²) in [7, 11) is 3.06. The van der Waals surface area contributed by atoms with Gasteiger partial charge in [0.15, 0.2) is 23.9 Å². The number of ketones is 1. The van der Waals surface area contributed by atoms with Crippen LogP contribution in [-0.2, 0) is 4.79 Å². The van der Waals surface area contributed by atoms with Crippen molar-refractivity contribution in [2.45, 2.75) is 6.92 Å². The molecule has 0 spiro atoms. The molecule has 0 aliphatic heterocycles. The Hall–Kier alpha value is -3.58. The molecule has 0 unspecified atom stereocenters. The van der Waals surface area contributed by atoms with E-state index in [-0.39, 0.29) is 18.3 Å². The summed E-state index contributed by atoms with van der Waals surface area (Å²) in [6, 6.07) is 16.1. The van der Waals surface area contributed by atoms with Gasteiger partial charge in [-0.25, -0.2) is 0 Å². The lowest BCUT2D eigenvalue weighted by Crippen LogP contribution is -2.20. The fraction of sp³-hybridized carbons (Fsp3) is 0.167. The zero-order valence-electron chi connectivity index (χ0n) is 17.5. The number of allylic oxidation sites excluding steroid dienone is 1. The Morgan fingerprint density at radius 2 is 1.74 bits per heavy atom. The van der Waals surface area contributed by atoms with Gasteiger partial charge in [-0.2, -0.15) is 0 Å². The standard InChI is InChI=1S/C24H23NO5S/c1-16-8-13-23(31-16)19(26)11-9-17-10-12-21(22(14-17)29-3)30-15-24(27)25-18-6-4-5-7-20(18)28-2/h4-14H,15H2,1-3H3,(H,25,27)/b11-9+. The van der Waals surface area contributed by atoms with Gasteiger partial charge in [0.2, 0.25) is 0 Å². The fourth-order valence-electron chi connectivity index (χ4n) is 2.81. The molecule has 1 N–H and O–H groups in total. The van der Waals surface area contributed by atoms with Crippen molar-refractivity contribution >= 4 is 34.8 Å². The largest absolute Gasteiger partial charge is 0.495 e. The number of methoxy groups -OCH3 is 2. The summed E-state index contributed by atoms with van der Waals surface area (Å²) < 4.78 is 16.2. The average Bonchev–Trinajstić information content (AvgIpc) is 3.23. The number of carbonyl (C=O) groups excluding carboxylic acids is 2. The smallest absolute Gasteiger partial charge is 0.262 e. The van der Waals surface area contributed by atoms with Gasteiger partial charge in [0, 0.05) is 4.88 Å². The highest BCUT2D eigenvalue weighted by atomic mass is 32.1. The molecule has 3 rings (SSSR count). The summed E-state index contributed by atoms with van der Waals surface area (Å²) in [5.41, 5.74) is 1.35. The molecule has 0 atom stereocenters. The lowest BCUT2D eigenvalue weighted by atomic mass is 10.1. The molecule has 0 saturated heterocycles. The minimum atomic E-state index is -0.327. The first-order chi connectivity index (χ1) is 15.0. The highest BCUT2D eigenvalue weighted by molar-refractivity contribution is 7.14. The predicted molar refractivity (Wildman–Crippen MR) is 123 cm³/mol. The number of carbonyl (C=O) groups is 2. The first-order valence-corrected chi connectivity index (χ1v) is 10.3. The van der Waals surface area contributed by atoms with Crippen LogP contribution >= 0.6 is 11.3 Å². The molecule has 1 amide bonds. The van der Waals surface area contributed by atoms with Crippen LogP contribution in [0.1, 0.15) is 20.1 Å². The van der Waals surface area contributed by atoms with E-state index in [1.54, 1.807) is 42.5 Å². The number of para-hydroxylation sites is 2. The number of ether oxygens (including phenoxy) is 3. The van der Waals surface area contributed by atoms with Crippen molar-refractivity contribution in [3.63, 3.8) is 0 Å². The first kappa shape index (κ1) is 22.1. The van der Waals surface area contributed by atoms with Crippen LogP contribution in [0.5, 0.6) is 17.2 Å². The molecule has 0 saturated carbocycles. The van der Waals surface area contributed by atoms with Crippen molar-refractivity contribution < 1.29 is 23.8 Å². The lowest BCUT2D eigenvalue weighted by molar-refractivity contribution is -0.118. The Bertz CT molecular complexity index is 1100.